The lowest BCUT2D eigenvalue weighted by Crippen LogP contribution is -2.19. The van der Waals surface area contributed by atoms with Gasteiger partial charge in [-0.3, -0.25) is 0 Å². The number of benzene rings is 2. The summed E-state index contributed by atoms with van der Waals surface area (Å²) in [5, 5.41) is 0. The van der Waals surface area contributed by atoms with E-state index in [-0.39, 0.29) is 5.41 Å². The second-order valence-electron chi connectivity index (χ2n) is 6.66. The van der Waals surface area contributed by atoms with E-state index in [9.17, 15) is 0 Å². The van der Waals surface area contributed by atoms with Crippen molar-refractivity contribution in [1.29, 1.82) is 0 Å². The molecule has 0 unspecified atom stereocenters. The Hall–Kier alpha value is -2.48. The Balaban J connectivity index is 2.50. The smallest absolute Gasteiger partial charge is 0.122 e. The van der Waals surface area contributed by atoms with Gasteiger partial charge in [0.1, 0.15) is 11.5 Å². The zero-order valence-electron chi connectivity index (χ0n) is 15.8. The van der Waals surface area contributed by atoms with Crippen molar-refractivity contribution in [2.45, 2.75) is 32.1 Å². The Kier molecular flexibility index (Phi) is 6.08. The van der Waals surface area contributed by atoms with Gasteiger partial charge in [-0.2, -0.15) is 0 Å². The third-order valence-corrected chi connectivity index (χ3v) is 4.73. The summed E-state index contributed by atoms with van der Waals surface area (Å²) in [4.78, 5) is 0. The van der Waals surface area contributed by atoms with Gasteiger partial charge in [0.2, 0.25) is 0 Å². The van der Waals surface area contributed by atoms with Crippen molar-refractivity contribution in [1.82, 2.24) is 0 Å². The van der Waals surface area contributed by atoms with E-state index in [1.807, 2.05) is 24.3 Å². The molecule has 0 heterocycles. The van der Waals surface area contributed by atoms with Gasteiger partial charge in [0, 0.05) is 5.41 Å². The maximum Gasteiger partial charge on any atom is 0.122 e. The molecule has 0 amide bonds. The van der Waals surface area contributed by atoms with E-state index in [1.54, 1.807) is 14.2 Å². The Bertz CT molecular complexity index is 693. The molecule has 0 bridgehead atoms. The third kappa shape index (κ3) is 3.96. The van der Waals surface area contributed by atoms with Crippen LogP contribution in [0.15, 0.2) is 61.7 Å². The van der Waals surface area contributed by atoms with E-state index < -0.39 is 0 Å². The molecule has 0 N–H and O–H groups in total. The normalized spacial score (nSPS) is 11.0. The molecule has 0 aliphatic carbocycles. The van der Waals surface area contributed by atoms with Crippen LogP contribution in [0.3, 0.4) is 0 Å². The highest BCUT2D eigenvalue weighted by Crippen LogP contribution is 2.36. The first-order valence-corrected chi connectivity index (χ1v) is 8.54. The molecule has 0 atom stereocenters. The average molecular weight is 336 g/mol. The quantitative estimate of drug-likeness (QED) is 0.594. The van der Waals surface area contributed by atoms with Gasteiger partial charge in [0.15, 0.2) is 0 Å². The number of hydrogen-bond acceptors (Lipinski definition) is 2. The number of ether oxygens (including phenoxy) is 2. The van der Waals surface area contributed by atoms with Crippen LogP contribution in [0.2, 0.25) is 0 Å². The molecule has 2 heteroatoms. The molecular weight excluding hydrogens is 308 g/mol. The molecule has 0 saturated carbocycles. The summed E-state index contributed by atoms with van der Waals surface area (Å²) >= 11 is 0. The molecule has 2 aromatic rings. The molecule has 0 radical (unpaired) electrons. The van der Waals surface area contributed by atoms with Gasteiger partial charge < -0.3 is 9.47 Å². The lowest BCUT2D eigenvalue weighted by Gasteiger charge is -2.28. The molecule has 0 aliphatic rings. The summed E-state index contributed by atoms with van der Waals surface area (Å²) in [7, 11) is 3.41. The van der Waals surface area contributed by atoms with Gasteiger partial charge >= 0.3 is 0 Å². The molecule has 2 nitrogen and oxygen atoms in total. The van der Waals surface area contributed by atoms with Gasteiger partial charge in [-0.05, 0) is 47.2 Å². The van der Waals surface area contributed by atoms with Gasteiger partial charge in [0.25, 0.3) is 0 Å². The second-order valence-corrected chi connectivity index (χ2v) is 6.66. The molecule has 0 fully saturated rings. The van der Waals surface area contributed by atoms with Crippen molar-refractivity contribution in [3.8, 4) is 11.5 Å². The van der Waals surface area contributed by atoms with Crippen LogP contribution in [0, 0.1) is 0 Å². The molecule has 0 aliphatic heterocycles. The maximum absolute atomic E-state index is 5.48. The lowest BCUT2D eigenvalue weighted by atomic mass is 9.77. The molecule has 2 aromatic carbocycles. The highest BCUT2D eigenvalue weighted by atomic mass is 16.5. The SMILES string of the molecule is C=CCc1cc(C(C)(C)c2ccc(OC)c(CC=C)c2)ccc1OC. The van der Waals surface area contributed by atoms with Crippen molar-refractivity contribution in [2.75, 3.05) is 14.2 Å². The first-order chi connectivity index (χ1) is 12.0. The fourth-order valence-corrected chi connectivity index (χ4v) is 3.13. The van der Waals surface area contributed by atoms with E-state index in [1.165, 1.54) is 11.1 Å². The van der Waals surface area contributed by atoms with Gasteiger partial charge in [-0.1, -0.05) is 50.3 Å². The number of rotatable bonds is 8. The van der Waals surface area contributed by atoms with E-state index >= 15 is 0 Å². The lowest BCUT2D eigenvalue weighted by molar-refractivity contribution is 0.409. The van der Waals surface area contributed by atoms with Crippen molar-refractivity contribution < 1.29 is 9.47 Å². The molecule has 25 heavy (non-hydrogen) atoms. The van der Waals surface area contributed by atoms with Crippen LogP contribution < -0.4 is 9.47 Å². The predicted molar refractivity (Wildman–Crippen MR) is 106 cm³/mol. The highest BCUT2D eigenvalue weighted by Gasteiger charge is 2.25. The van der Waals surface area contributed by atoms with Crippen LogP contribution in [0.5, 0.6) is 11.5 Å². The minimum atomic E-state index is -0.135. The minimum absolute atomic E-state index is 0.135. The molecule has 0 spiro atoms. The molecule has 0 aromatic heterocycles. The zero-order chi connectivity index (χ0) is 18.4. The number of hydrogen-bond donors (Lipinski definition) is 0. The molecule has 0 saturated heterocycles. The first kappa shape index (κ1) is 18.9. The van der Waals surface area contributed by atoms with Crippen LogP contribution in [-0.2, 0) is 18.3 Å². The summed E-state index contributed by atoms with van der Waals surface area (Å²) in [5.41, 5.74) is 4.68. The Morgan fingerprint density at radius 2 is 1.20 bits per heavy atom. The van der Waals surface area contributed by atoms with Gasteiger partial charge in [-0.15, -0.1) is 13.2 Å². The van der Waals surface area contributed by atoms with Crippen LogP contribution in [0.4, 0.5) is 0 Å². The second kappa shape index (κ2) is 8.06. The van der Waals surface area contributed by atoms with E-state index in [2.05, 4.69) is 51.3 Å². The van der Waals surface area contributed by atoms with Crippen LogP contribution in [0.25, 0.3) is 0 Å². The maximum atomic E-state index is 5.48. The monoisotopic (exact) mass is 336 g/mol. The van der Waals surface area contributed by atoms with Crippen molar-refractivity contribution >= 4 is 0 Å². The average Bonchev–Trinajstić information content (AvgIpc) is 2.62. The van der Waals surface area contributed by atoms with Gasteiger partial charge in [0.05, 0.1) is 14.2 Å². The molecule has 132 valence electrons. The minimum Gasteiger partial charge on any atom is -0.496 e. The Labute approximate surface area is 151 Å². The first-order valence-electron chi connectivity index (χ1n) is 8.54. The standard InChI is InChI=1S/C23H28O2/c1-7-9-17-15-19(11-13-21(17)24-5)23(3,4)20-12-14-22(25-6)18(16-20)10-8-2/h7-8,11-16H,1-2,9-10H2,3-6H3. The predicted octanol–water partition coefficient (Wildman–Crippen LogP) is 5.49. The Morgan fingerprint density at radius 1 is 0.800 bits per heavy atom. The van der Waals surface area contributed by atoms with Crippen molar-refractivity contribution in [3.63, 3.8) is 0 Å². The summed E-state index contributed by atoms with van der Waals surface area (Å²) in [6, 6.07) is 12.8. The Morgan fingerprint density at radius 3 is 1.52 bits per heavy atom. The molecule has 2 rings (SSSR count). The third-order valence-electron chi connectivity index (χ3n) is 4.73. The molecular formula is C23H28O2. The van der Waals surface area contributed by atoms with Crippen LogP contribution in [-0.4, -0.2) is 14.2 Å². The van der Waals surface area contributed by atoms with Crippen LogP contribution >= 0.6 is 0 Å². The summed E-state index contributed by atoms with van der Waals surface area (Å²) in [6.07, 6.45) is 5.39. The summed E-state index contributed by atoms with van der Waals surface area (Å²) < 4.78 is 11.0. The van der Waals surface area contributed by atoms with E-state index in [4.69, 9.17) is 9.47 Å². The largest absolute Gasteiger partial charge is 0.496 e. The summed E-state index contributed by atoms with van der Waals surface area (Å²) in [5.74, 6) is 1.81. The number of allylic oxidation sites excluding steroid dienone is 2. The van der Waals surface area contributed by atoms with Crippen LogP contribution in [0.1, 0.15) is 36.1 Å². The topological polar surface area (TPSA) is 18.5 Å². The van der Waals surface area contributed by atoms with Crippen molar-refractivity contribution in [2.24, 2.45) is 0 Å². The highest BCUT2D eigenvalue weighted by molar-refractivity contribution is 5.48. The van der Waals surface area contributed by atoms with E-state index in [0.717, 1.165) is 35.5 Å². The van der Waals surface area contributed by atoms with E-state index in [0.29, 0.717) is 0 Å². The number of methoxy groups -OCH3 is 2. The van der Waals surface area contributed by atoms with Crippen molar-refractivity contribution in [3.05, 3.63) is 84.0 Å². The van der Waals surface area contributed by atoms with Gasteiger partial charge in [-0.25, -0.2) is 0 Å². The fourth-order valence-electron chi connectivity index (χ4n) is 3.13. The summed E-state index contributed by atoms with van der Waals surface area (Å²) in [6.45, 7) is 12.2. The zero-order valence-corrected chi connectivity index (χ0v) is 15.8. The fraction of sp³-hybridized carbons (Fsp3) is 0.304.